The molecule has 0 spiro atoms. The molecule has 3 nitrogen and oxygen atoms in total. The van der Waals surface area contributed by atoms with E-state index in [9.17, 15) is 13.6 Å². The molecule has 0 aromatic heterocycles. The Hall–Kier alpha value is -2.43. The zero-order chi connectivity index (χ0) is 20.6. The number of carbonyl (C=O) groups excluding carboxylic acids is 1. The van der Waals surface area contributed by atoms with Crippen LogP contribution in [0, 0.1) is 17.6 Å². The van der Waals surface area contributed by atoms with Crippen LogP contribution in [-0.2, 0) is 11.2 Å². The number of hydrogen-bond donors (Lipinski definition) is 0. The molecule has 2 aromatic carbocycles. The number of halogens is 2. The summed E-state index contributed by atoms with van der Waals surface area (Å²) >= 11 is 0. The highest BCUT2D eigenvalue weighted by Gasteiger charge is 2.48. The van der Waals surface area contributed by atoms with E-state index in [1.165, 1.54) is 24.3 Å². The van der Waals surface area contributed by atoms with Gasteiger partial charge < -0.3 is 9.80 Å². The number of hydrogen-bond acceptors (Lipinski definition) is 2. The van der Waals surface area contributed by atoms with Crippen LogP contribution in [0.15, 0.2) is 48.5 Å². The molecule has 0 bridgehead atoms. The monoisotopic (exact) mass is 398 g/mol. The van der Waals surface area contributed by atoms with E-state index in [4.69, 9.17) is 0 Å². The molecule has 0 aliphatic carbocycles. The highest BCUT2D eigenvalue weighted by Crippen LogP contribution is 2.44. The highest BCUT2D eigenvalue weighted by atomic mass is 19.1. The van der Waals surface area contributed by atoms with Crippen molar-refractivity contribution in [2.45, 2.75) is 51.1 Å². The number of carbonyl (C=O) groups is 1. The van der Waals surface area contributed by atoms with E-state index in [0.717, 1.165) is 37.2 Å². The van der Waals surface area contributed by atoms with Gasteiger partial charge in [-0.05, 0) is 81.0 Å². The van der Waals surface area contributed by atoms with Crippen molar-refractivity contribution in [1.82, 2.24) is 4.90 Å². The predicted octanol–water partition coefficient (Wildman–Crippen LogP) is 4.80. The topological polar surface area (TPSA) is 23.6 Å². The van der Waals surface area contributed by atoms with Crippen molar-refractivity contribution < 1.29 is 13.6 Å². The molecule has 2 aromatic rings. The fraction of sp³-hybridized carbons (Fsp3) is 0.458. The van der Waals surface area contributed by atoms with Crippen molar-refractivity contribution in [3.05, 3.63) is 65.7 Å². The summed E-state index contributed by atoms with van der Waals surface area (Å²) in [4.78, 5) is 17.2. The molecule has 0 N–H and O–H groups in total. The van der Waals surface area contributed by atoms with Crippen LogP contribution in [0.3, 0.4) is 0 Å². The summed E-state index contributed by atoms with van der Waals surface area (Å²) in [5, 5.41) is 0. The lowest BCUT2D eigenvalue weighted by Crippen LogP contribution is -2.50. The van der Waals surface area contributed by atoms with Crippen LogP contribution >= 0.6 is 0 Å². The Labute approximate surface area is 171 Å². The Morgan fingerprint density at radius 2 is 1.66 bits per heavy atom. The van der Waals surface area contributed by atoms with Gasteiger partial charge in [0, 0.05) is 36.8 Å². The molecule has 1 amide bonds. The zero-order valence-electron chi connectivity index (χ0n) is 17.1. The largest absolute Gasteiger partial charge is 0.363 e. The molecule has 5 heteroatoms. The minimum absolute atomic E-state index is 0.0274. The van der Waals surface area contributed by atoms with Gasteiger partial charge in [-0.3, -0.25) is 4.79 Å². The van der Waals surface area contributed by atoms with Gasteiger partial charge in [0.2, 0.25) is 5.91 Å². The Balaban J connectivity index is 1.40. The number of rotatable bonds is 4. The molecule has 2 heterocycles. The van der Waals surface area contributed by atoms with Crippen LogP contribution < -0.4 is 4.90 Å². The molecular formula is C24H28F2N2O. The van der Waals surface area contributed by atoms with E-state index in [2.05, 4.69) is 18.7 Å². The van der Waals surface area contributed by atoms with Gasteiger partial charge in [-0.25, -0.2) is 8.78 Å². The van der Waals surface area contributed by atoms with Gasteiger partial charge in [-0.2, -0.15) is 0 Å². The van der Waals surface area contributed by atoms with Crippen molar-refractivity contribution in [1.29, 1.82) is 0 Å². The number of aryl methyl sites for hydroxylation is 1. The Bertz CT molecular complexity index is 863. The number of nitrogens with zero attached hydrogens (tertiary/aromatic N) is 2. The quantitative estimate of drug-likeness (QED) is 0.738. The summed E-state index contributed by atoms with van der Waals surface area (Å²) in [6.07, 6.45) is 3.02. The summed E-state index contributed by atoms with van der Waals surface area (Å²) in [6, 6.07) is 13.5. The third-order valence-electron chi connectivity index (χ3n) is 6.44. The standard InChI is InChI=1S/C24H28F2N2O/c1-24(2)15-18-16-27(23(29)12-5-17-3-6-19(25)7-4-17)14-13-22(18)28(24)21-10-8-20(26)9-11-21/h3-4,6-11,18,22H,5,12-16H2,1-2H3/t18-,22+/m1/s1. The van der Waals surface area contributed by atoms with Gasteiger partial charge >= 0.3 is 0 Å². The van der Waals surface area contributed by atoms with Gasteiger partial charge in [0.1, 0.15) is 11.6 Å². The van der Waals surface area contributed by atoms with E-state index < -0.39 is 0 Å². The third kappa shape index (κ3) is 4.14. The van der Waals surface area contributed by atoms with Crippen LogP contribution in [0.2, 0.25) is 0 Å². The van der Waals surface area contributed by atoms with Crippen LogP contribution in [0.5, 0.6) is 0 Å². The summed E-state index contributed by atoms with van der Waals surface area (Å²) < 4.78 is 26.4. The zero-order valence-corrected chi connectivity index (χ0v) is 17.1. The average Bonchev–Trinajstić information content (AvgIpc) is 2.97. The fourth-order valence-corrected chi connectivity index (χ4v) is 5.18. The molecule has 29 heavy (non-hydrogen) atoms. The minimum Gasteiger partial charge on any atom is -0.363 e. The summed E-state index contributed by atoms with van der Waals surface area (Å²) in [5.74, 6) is 0.116. The maximum atomic E-state index is 13.4. The maximum absolute atomic E-state index is 13.4. The first-order chi connectivity index (χ1) is 13.8. The molecular weight excluding hydrogens is 370 g/mol. The molecule has 4 rings (SSSR count). The van der Waals surface area contributed by atoms with E-state index in [1.54, 1.807) is 12.1 Å². The molecule has 0 unspecified atom stereocenters. The predicted molar refractivity (Wildman–Crippen MR) is 111 cm³/mol. The second kappa shape index (κ2) is 7.77. The highest BCUT2D eigenvalue weighted by molar-refractivity contribution is 5.76. The van der Waals surface area contributed by atoms with Gasteiger partial charge in [-0.15, -0.1) is 0 Å². The normalized spacial score (nSPS) is 23.2. The maximum Gasteiger partial charge on any atom is 0.222 e. The number of fused-ring (bicyclic) bond motifs is 1. The molecule has 2 aliphatic heterocycles. The summed E-state index contributed by atoms with van der Waals surface area (Å²) in [7, 11) is 0. The van der Waals surface area contributed by atoms with Gasteiger partial charge in [0.05, 0.1) is 0 Å². The molecule has 2 atom stereocenters. The van der Waals surface area contributed by atoms with Gasteiger partial charge in [-0.1, -0.05) is 12.1 Å². The number of anilines is 1. The fourth-order valence-electron chi connectivity index (χ4n) is 5.18. The molecule has 154 valence electrons. The van der Waals surface area contributed by atoms with Crippen LogP contribution in [0.4, 0.5) is 14.5 Å². The van der Waals surface area contributed by atoms with Crippen molar-refractivity contribution in [3.8, 4) is 0 Å². The first kappa shape index (κ1) is 19.9. The minimum atomic E-state index is -0.253. The molecule has 2 fully saturated rings. The molecule has 0 saturated carbocycles. The van der Waals surface area contributed by atoms with E-state index in [0.29, 0.717) is 24.8 Å². The van der Waals surface area contributed by atoms with Crippen LogP contribution in [0.25, 0.3) is 0 Å². The SMILES string of the molecule is CC1(C)C[C@@H]2CN(C(=O)CCc3ccc(F)cc3)CC[C@@H]2N1c1ccc(F)cc1. The lowest BCUT2D eigenvalue weighted by Gasteiger charge is -2.42. The van der Waals surface area contributed by atoms with Gasteiger partial charge in [0.25, 0.3) is 0 Å². The first-order valence-corrected chi connectivity index (χ1v) is 10.4. The van der Waals surface area contributed by atoms with Crippen LogP contribution in [-0.4, -0.2) is 35.5 Å². The van der Waals surface area contributed by atoms with Crippen molar-refractivity contribution >= 4 is 11.6 Å². The summed E-state index contributed by atoms with van der Waals surface area (Å²) in [6.45, 7) is 5.98. The Morgan fingerprint density at radius 3 is 2.31 bits per heavy atom. The first-order valence-electron chi connectivity index (χ1n) is 10.4. The molecule has 2 saturated heterocycles. The van der Waals surface area contributed by atoms with Gasteiger partial charge in [0.15, 0.2) is 0 Å². The Morgan fingerprint density at radius 1 is 1.03 bits per heavy atom. The second-order valence-corrected chi connectivity index (χ2v) is 8.95. The molecule has 2 aliphatic rings. The van der Waals surface area contributed by atoms with E-state index in [1.807, 2.05) is 17.0 Å². The van der Waals surface area contributed by atoms with Crippen molar-refractivity contribution in [2.24, 2.45) is 5.92 Å². The third-order valence-corrected chi connectivity index (χ3v) is 6.44. The Kier molecular flexibility index (Phi) is 5.32. The number of likely N-dealkylation sites (tertiary alicyclic amines) is 1. The van der Waals surface area contributed by atoms with Crippen molar-refractivity contribution in [3.63, 3.8) is 0 Å². The van der Waals surface area contributed by atoms with E-state index in [-0.39, 0.29) is 23.1 Å². The second-order valence-electron chi connectivity index (χ2n) is 8.95. The number of amides is 1. The lowest BCUT2D eigenvalue weighted by molar-refractivity contribution is -0.133. The van der Waals surface area contributed by atoms with Crippen molar-refractivity contribution in [2.75, 3.05) is 18.0 Å². The molecule has 0 radical (unpaired) electrons. The number of piperidine rings is 1. The lowest BCUT2D eigenvalue weighted by atomic mass is 9.89. The van der Waals surface area contributed by atoms with E-state index >= 15 is 0 Å². The number of benzene rings is 2. The van der Waals surface area contributed by atoms with Crippen LogP contribution in [0.1, 0.15) is 38.7 Å². The average molecular weight is 398 g/mol. The smallest absolute Gasteiger partial charge is 0.222 e. The summed E-state index contributed by atoms with van der Waals surface area (Å²) in [5.41, 5.74) is 2.01.